The summed E-state index contributed by atoms with van der Waals surface area (Å²) in [5.74, 6) is 0. The third kappa shape index (κ3) is 0.778. The van der Waals surface area contributed by atoms with Crippen molar-refractivity contribution >= 4 is 0 Å². The monoisotopic (exact) mass is 99.0 g/mol. The summed E-state index contributed by atoms with van der Waals surface area (Å²) in [5.41, 5.74) is 0.569. The molecule has 0 aliphatic carbocycles. The van der Waals surface area contributed by atoms with Crippen molar-refractivity contribution < 1.29 is 9.52 Å². The maximum atomic E-state index is 8.30. The highest BCUT2D eigenvalue weighted by Gasteiger charge is 1.87. The van der Waals surface area contributed by atoms with Gasteiger partial charge in [-0.15, -0.1) is 0 Å². The van der Waals surface area contributed by atoms with Crippen LogP contribution < -0.4 is 0 Å². The number of aromatic nitrogens is 1. The van der Waals surface area contributed by atoms with Crippen LogP contribution in [0.5, 0.6) is 0 Å². The molecular formula is C4H5NO2. The summed E-state index contributed by atoms with van der Waals surface area (Å²) < 4.78 is 4.53. The number of hydrogen-bond donors (Lipinski definition) is 1. The van der Waals surface area contributed by atoms with E-state index in [4.69, 9.17) is 5.11 Å². The zero-order chi connectivity index (χ0) is 5.11. The van der Waals surface area contributed by atoms with Gasteiger partial charge in [0, 0.05) is 0 Å². The molecule has 7 heavy (non-hydrogen) atoms. The van der Waals surface area contributed by atoms with Gasteiger partial charge in [-0.1, -0.05) is 0 Å². The third-order valence-corrected chi connectivity index (χ3v) is 0.645. The second kappa shape index (κ2) is 1.75. The van der Waals surface area contributed by atoms with Crippen molar-refractivity contribution in [3.8, 4) is 0 Å². The van der Waals surface area contributed by atoms with Gasteiger partial charge in [0.2, 0.25) is 0 Å². The maximum absolute atomic E-state index is 8.30. The average molecular weight is 99.1 g/mol. The number of oxazole rings is 1. The van der Waals surface area contributed by atoms with Gasteiger partial charge < -0.3 is 9.52 Å². The second-order valence-electron chi connectivity index (χ2n) is 1.14. The lowest BCUT2D eigenvalue weighted by atomic mass is 10.5. The minimum absolute atomic E-state index is 0.0451. The first-order valence-corrected chi connectivity index (χ1v) is 1.91. The fraction of sp³-hybridized carbons (Fsp3) is 0.250. The first-order chi connectivity index (χ1) is 3.43. The predicted molar refractivity (Wildman–Crippen MR) is 22.4 cm³/mol. The van der Waals surface area contributed by atoms with E-state index in [0.717, 1.165) is 0 Å². The highest BCUT2D eigenvalue weighted by molar-refractivity contribution is 4.86. The second-order valence-corrected chi connectivity index (χ2v) is 1.14. The number of aliphatic hydroxyl groups excluding tert-OH is 1. The molecule has 1 aromatic rings. The molecule has 0 aromatic carbocycles. The van der Waals surface area contributed by atoms with E-state index in [2.05, 4.69) is 9.40 Å². The summed E-state index contributed by atoms with van der Waals surface area (Å²) in [6.07, 6.45) is 2.69. The van der Waals surface area contributed by atoms with E-state index < -0.39 is 0 Å². The molecule has 3 heteroatoms. The van der Waals surface area contributed by atoms with Crippen molar-refractivity contribution in [3.05, 3.63) is 18.4 Å². The Morgan fingerprint density at radius 1 is 1.86 bits per heavy atom. The van der Waals surface area contributed by atoms with Crippen LogP contribution >= 0.6 is 0 Å². The van der Waals surface area contributed by atoms with Crippen molar-refractivity contribution in [2.75, 3.05) is 0 Å². The van der Waals surface area contributed by atoms with Gasteiger partial charge in [-0.3, -0.25) is 0 Å². The summed E-state index contributed by atoms with van der Waals surface area (Å²) in [7, 11) is 0. The summed E-state index contributed by atoms with van der Waals surface area (Å²) >= 11 is 0. The molecular weight excluding hydrogens is 94.0 g/mol. The van der Waals surface area contributed by atoms with Gasteiger partial charge in [-0.2, -0.15) is 0 Å². The summed E-state index contributed by atoms with van der Waals surface area (Å²) in [6, 6.07) is 0. The van der Waals surface area contributed by atoms with E-state index in [9.17, 15) is 0 Å². The topological polar surface area (TPSA) is 46.3 Å². The molecule has 3 nitrogen and oxygen atoms in total. The Bertz CT molecular complexity index is 124. The van der Waals surface area contributed by atoms with Crippen molar-refractivity contribution in [2.45, 2.75) is 6.61 Å². The van der Waals surface area contributed by atoms with E-state index in [0.29, 0.717) is 5.69 Å². The lowest BCUT2D eigenvalue weighted by molar-refractivity contribution is 0.276. The zero-order valence-corrected chi connectivity index (χ0v) is 3.66. The van der Waals surface area contributed by atoms with E-state index >= 15 is 0 Å². The predicted octanol–water partition coefficient (Wildman–Crippen LogP) is 0.167. The van der Waals surface area contributed by atoms with Crippen LogP contribution in [0.3, 0.4) is 0 Å². The molecule has 0 spiro atoms. The number of hydrogen-bond acceptors (Lipinski definition) is 3. The van der Waals surface area contributed by atoms with Crippen molar-refractivity contribution in [2.24, 2.45) is 0 Å². The van der Waals surface area contributed by atoms with Crippen LogP contribution in [0.2, 0.25) is 0 Å². The molecule has 0 bridgehead atoms. The minimum Gasteiger partial charge on any atom is -0.451 e. The highest BCUT2D eigenvalue weighted by atomic mass is 16.3. The summed E-state index contributed by atoms with van der Waals surface area (Å²) in [4.78, 5) is 3.62. The van der Waals surface area contributed by atoms with Crippen molar-refractivity contribution in [1.29, 1.82) is 0 Å². The van der Waals surface area contributed by atoms with Crippen LogP contribution in [0.4, 0.5) is 0 Å². The van der Waals surface area contributed by atoms with E-state index in [-0.39, 0.29) is 6.61 Å². The molecule has 1 aromatic heterocycles. The maximum Gasteiger partial charge on any atom is 0.180 e. The zero-order valence-electron chi connectivity index (χ0n) is 3.66. The van der Waals surface area contributed by atoms with Gasteiger partial charge in [0.15, 0.2) is 6.39 Å². The number of nitrogens with zero attached hydrogens (tertiary/aromatic N) is 1. The highest BCUT2D eigenvalue weighted by Crippen LogP contribution is 1.90. The molecule has 0 aliphatic heterocycles. The van der Waals surface area contributed by atoms with Gasteiger partial charge in [-0.25, -0.2) is 4.98 Å². The molecule has 1 N–H and O–H groups in total. The molecule has 38 valence electrons. The van der Waals surface area contributed by atoms with Crippen LogP contribution in [0, 0.1) is 0 Å². The molecule has 0 saturated heterocycles. The molecule has 0 unspecified atom stereocenters. The Kier molecular flexibility index (Phi) is 1.08. The van der Waals surface area contributed by atoms with Gasteiger partial charge in [-0.05, 0) is 0 Å². The normalized spacial score (nSPS) is 9.29. The fourth-order valence-corrected chi connectivity index (χ4v) is 0.316. The van der Waals surface area contributed by atoms with Crippen LogP contribution in [0.25, 0.3) is 0 Å². The van der Waals surface area contributed by atoms with Gasteiger partial charge in [0.05, 0.1) is 6.61 Å². The van der Waals surface area contributed by atoms with Crippen LogP contribution in [0.1, 0.15) is 5.69 Å². The molecule has 0 aliphatic rings. The smallest absolute Gasteiger partial charge is 0.180 e. The third-order valence-electron chi connectivity index (χ3n) is 0.645. The number of rotatable bonds is 1. The quantitative estimate of drug-likeness (QED) is 0.545. The van der Waals surface area contributed by atoms with Gasteiger partial charge in [0.1, 0.15) is 12.0 Å². The molecule has 0 fully saturated rings. The number of aliphatic hydroxyl groups is 1. The molecule has 0 radical (unpaired) electrons. The van der Waals surface area contributed by atoms with Crippen LogP contribution in [0.15, 0.2) is 17.1 Å². The van der Waals surface area contributed by atoms with Crippen molar-refractivity contribution in [3.63, 3.8) is 0 Å². The Labute approximate surface area is 40.6 Å². The Balaban J connectivity index is 2.76. The Hall–Kier alpha value is -0.830. The largest absolute Gasteiger partial charge is 0.451 e. The first-order valence-electron chi connectivity index (χ1n) is 1.91. The average Bonchev–Trinajstić information content (AvgIpc) is 2.14. The van der Waals surface area contributed by atoms with Crippen LogP contribution in [-0.2, 0) is 6.61 Å². The standard InChI is InChI=1S/C4H5NO2/c6-1-4-2-7-3-5-4/h2-3,6H,1H2. The van der Waals surface area contributed by atoms with E-state index in [1.54, 1.807) is 0 Å². The lowest BCUT2D eigenvalue weighted by Crippen LogP contribution is -1.77. The summed E-state index contributed by atoms with van der Waals surface area (Å²) in [5, 5.41) is 8.30. The molecule has 0 saturated carbocycles. The van der Waals surface area contributed by atoms with Gasteiger partial charge >= 0.3 is 0 Å². The summed E-state index contributed by atoms with van der Waals surface area (Å²) in [6.45, 7) is -0.0451. The molecule has 1 heterocycles. The Morgan fingerprint density at radius 3 is 3.00 bits per heavy atom. The lowest BCUT2D eigenvalue weighted by Gasteiger charge is -1.75. The Morgan fingerprint density at radius 2 is 2.71 bits per heavy atom. The first kappa shape index (κ1) is 4.33. The minimum atomic E-state index is -0.0451. The van der Waals surface area contributed by atoms with E-state index in [1.165, 1.54) is 12.7 Å². The molecule has 0 amide bonds. The molecule has 1 rings (SSSR count). The van der Waals surface area contributed by atoms with E-state index in [1.807, 2.05) is 0 Å². The molecule has 0 atom stereocenters. The SMILES string of the molecule is OCc1cocn1. The van der Waals surface area contributed by atoms with Crippen LogP contribution in [-0.4, -0.2) is 10.1 Å². The van der Waals surface area contributed by atoms with Gasteiger partial charge in [0.25, 0.3) is 0 Å². The fourth-order valence-electron chi connectivity index (χ4n) is 0.316. The van der Waals surface area contributed by atoms with Crippen molar-refractivity contribution in [1.82, 2.24) is 4.98 Å².